The molecule has 1 atom stereocenters. The Bertz CT molecular complexity index is 344. The van der Waals surface area contributed by atoms with Gasteiger partial charge < -0.3 is 5.73 Å². The van der Waals surface area contributed by atoms with E-state index < -0.39 is 5.54 Å². The lowest BCUT2D eigenvalue weighted by molar-refractivity contribution is -0.132. The fourth-order valence-corrected chi connectivity index (χ4v) is 4.21. The Kier molecular flexibility index (Phi) is 5.67. The van der Waals surface area contributed by atoms with E-state index in [9.17, 15) is 4.79 Å². The molecule has 1 heterocycles. The lowest BCUT2D eigenvalue weighted by atomic mass is 9.87. The highest BCUT2D eigenvalue weighted by atomic mass is 16.1. The van der Waals surface area contributed by atoms with Crippen molar-refractivity contribution in [1.29, 1.82) is 0 Å². The number of carbonyl (C=O) groups is 1. The van der Waals surface area contributed by atoms with E-state index in [1.165, 1.54) is 32.1 Å². The molecule has 0 aromatic heterocycles. The summed E-state index contributed by atoms with van der Waals surface area (Å²) in [5, 5.41) is 0. The topological polar surface area (TPSA) is 49.6 Å². The van der Waals surface area contributed by atoms with Gasteiger partial charge in [0.2, 0.25) is 5.91 Å². The molecule has 0 radical (unpaired) electrons. The molecule has 2 N–H and O–H groups in total. The number of amides is 1. The third kappa shape index (κ3) is 3.98. The standard InChI is InChI=1S/C17H33N3O/c1-14(2)13-17(3,16(18)21)20-11-9-19(10-12-20)15-7-5-4-6-8-15/h14-15H,4-13H2,1-3H3,(H2,18,21). The molecule has 4 nitrogen and oxygen atoms in total. The van der Waals surface area contributed by atoms with E-state index >= 15 is 0 Å². The lowest BCUT2D eigenvalue weighted by Crippen LogP contribution is -2.62. The van der Waals surface area contributed by atoms with Crippen LogP contribution in [-0.4, -0.2) is 53.5 Å². The monoisotopic (exact) mass is 295 g/mol. The first-order valence-electron chi connectivity index (χ1n) is 8.72. The van der Waals surface area contributed by atoms with Gasteiger partial charge in [-0.25, -0.2) is 0 Å². The number of piperazine rings is 1. The fourth-order valence-electron chi connectivity index (χ4n) is 4.21. The Labute approximate surface area is 130 Å². The molecule has 1 unspecified atom stereocenters. The van der Waals surface area contributed by atoms with Crippen LogP contribution < -0.4 is 5.73 Å². The van der Waals surface area contributed by atoms with Crippen molar-refractivity contribution < 1.29 is 4.79 Å². The zero-order chi connectivity index (χ0) is 15.5. The van der Waals surface area contributed by atoms with E-state index in [4.69, 9.17) is 5.73 Å². The molecule has 0 bridgehead atoms. The molecule has 21 heavy (non-hydrogen) atoms. The first-order chi connectivity index (χ1) is 9.93. The van der Waals surface area contributed by atoms with Crippen molar-refractivity contribution in [2.75, 3.05) is 26.2 Å². The van der Waals surface area contributed by atoms with E-state index in [1.54, 1.807) is 0 Å². The van der Waals surface area contributed by atoms with Gasteiger partial charge in [-0.3, -0.25) is 14.6 Å². The van der Waals surface area contributed by atoms with Gasteiger partial charge in [-0.05, 0) is 32.1 Å². The van der Waals surface area contributed by atoms with Crippen molar-refractivity contribution in [1.82, 2.24) is 9.80 Å². The summed E-state index contributed by atoms with van der Waals surface area (Å²) in [6.45, 7) is 10.5. The SMILES string of the molecule is CC(C)CC(C)(C(N)=O)N1CCN(C2CCCCC2)CC1. The molecule has 2 fully saturated rings. The Morgan fingerprint density at radius 2 is 1.71 bits per heavy atom. The summed E-state index contributed by atoms with van der Waals surface area (Å²) in [6, 6.07) is 0.783. The van der Waals surface area contributed by atoms with Crippen LogP contribution in [0.3, 0.4) is 0 Å². The number of nitrogens with zero attached hydrogens (tertiary/aromatic N) is 2. The van der Waals surface area contributed by atoms with Gasteiger partial charge in [-0.2, -0.15) is 0 Å². The van der Waals surface area contributed by atoms with E-state index in [-0.39, 0.29) is 5.91 Å². The second-order valence-electron chi connectivity index (χ2n) is 7.55. The highest BCUT2D eigenvalue weighted by molar-refractivity contribution is 5.84. The zero-order valence-corrected chi connectivity index (χ0v) is 14.1. The molecular weight excluding hydrogens is 262 g/mol. The average molecular weight is 295 g/mol. The summed E-state index contributed by atoms with van der Waals surface area (Å²) < 4.78 is 0. The zero-order valence-electron chi connectivity index (χ0n) is 14.1. The molecule has 1 saturated carbocycles. The second-order valence-corrected chi connectivity index (χ2v) is 7.55. The van der Waals surface area contributed by atoms with Crippen LogP contribution in [0.1, 0.15) is 59.3 Å². The highest BCUT2D eigenvalue weighted by Gasteiger charge is 2.40. The van der Waals surface area contributed by atoms with E-state index in [0.29, 0.717) is 5.92 Å². The van der Waals surface area contributed by atoms with Crippen molar-refractivity contribution in [2.45, 2.75) is 70.9 Å². The van der Waals surface area contributed by atoms with Gasteiger partial charge in [0.1, 0.15) is 0 Å². The molecule has 0 aromatic carbocycles. The van der Waals surface area contributed by atoms with E-state index in [1.807, 2.05) is 6.92 Å². The maximum absolute atomic E-state index is 12.0. The van der Waals surface area contributed by atoms with Crippen LogP contribution in [0.4, 0.5) is 0 Å². The van der Waals surface area contributed by atoms with Gasteiger partial charge in [-0.15, -0.1) is 0 Å². The summed E-state index contributed by atoms with van der Waals surface area (Å²) in [5.74, 6) is 0.321. The number of hydrogen-bond acceptors (Lipinski definition) is 3. The molecule has 122 valence electrons. The Hall–Kier alpha value is -0.610. The minimum absolute atomic E-state index is 0.165. The van der Waals surface area contributed by atoms with Gasteiger partial charge in [0.25, 0.3) is 0 Å². The third-order valence-electron chi connectivity index (χ3n) is 5.44. The predicted octanol–water partition coefficient (Wildman–Crippen LogP) is 2.23. The number of primary amides is 1. The number of carbonyl (C=O) groups excluding carboxylic acids is 1. The van der Waals surface area contributed by atoms with Crippen LogP contribution in [0.2, 0.25) is 0 Å². The van der Waals surface area contributed by atoms with Gasteiger partial charge in [0.15, 0.2) is 0 Å². The Morgan fingerprint density at radius 1 is 1.14 bits per heavy atom. The predicted molar refractivity (Wildman–Crippen MR) is 87.1 cm³/mol. The van der Waals surface area contributed by atoms with Crippen molar-refractivity contribution >= 4 is 5.91 Å². The Balaban J connectivity index is 1.93. The van der Waals surface area contributed by atoms with Crippen molar-refractivity contribution in [3.63, 3.8) is 0 Å². The summed E-state index contributed by atoms with van der Waals surface area (Å²) in [5.41, 5.74) is 5.25. The summed E-state index contributed by atoms with van der Waals surface area (Å²) in [4.78, 5) is 17.0. The molecule has 1 aliphatic heterocycles. The molecule has 1 saturated heterocycles. The molecule has 2 rings (SSSR count). The van der Waals surface area contributed by atoms with E-state index in [2.05, 4.69) is 23.6 Å². The van der Waals surface area contributed by atoms with Crippen LogP contribution in [0.15, 0.2) is 0 Å². The quantitative estimate of drug-likeness (QED) is 0.846. The van der Waals surface area contributed by atoms with Crippen LogP contribution in [0.25, 0.3) is 0 Å². The molecule has 1 aliphatic carbocycles. The average Bonchev–Trinajstić information content (AvgIpc) is 2.47. The first-order valence-corrected chi connectivity index (χ1v) is 8.72. The van der Waals surface area contributed by atoms with E-state index in [0.717, 1.165) is 38.6 Å². The summed E-state index contributed by atoms with van der Waals surface area (Å²) in [6.07, 6.45) is 7.75. The van der Waals surface area contributed by atoms with Gasteiger partial charge >= 0.3 is 0 Å². The summed E-state index contributed by atoms with van der Waals surface area (Å²) in [7, 11) is 0. The fraction of sp³-hybridized carbons (Fsp3) is 0.941. The van der Waals surface area contributed by atoms with Gasteiger partial charge in [0, 0.05) is 32.2 Å². The number of rotatable bonds is 5. The largest absolute Gasteiger partial charge is 0.368 e. The molecule has 0 spiro atoms. The van der Waals surface area contributed by atoms with Crippen LogP contribution >= 0.6 is 0 Å². The van der Waals surface area contributed by atoms with Crippen LogP contribution in [0.5, 0.6) is 0 Å². The highest BCUT2D eigenvalue weighted by Crippen LogP contribution is 2.28. The van der Waals surface area contributed by atoms with Crippen molar-refractivity contribution in [2.24, 2.45) is 11.7 Å². The number of nitrogens with two attached hydrogens (primary N) is 1. The van der Waals surface area contributed by atoms with Crippen molar-refractivity contribution in [3.8, 4) is 0 Å². The third-order valence-corrected chi connectivity index (χ3v) is 5.44. The molecule has 4 heteroatoms. The maximum Gasteiger partial charge on any atom is 0.237 e. The maximum atomic E-state index is 12.0. The summed E-state index contributed by atoms with van der Waals surface area (Å²) >= 11 is 0. The first kappa shape index (κ1) is 16.8. The van der Waals surface area contributed by atoms with Gasteiger partial charge in [-0.1, -0.05) is 33.1 Å². The molecular formula is C17H33N3O. The smallest absolute Gasteiger partial charge is 0.237 e. The van der Waals surface area contributed by atoms with Crippen LogP contribution in [-0.2, 0) is 4.79 Å². The normalized spacial score (nSPS) is 25.9. The van der Waals surface area contributed by atoms with Crippen molar-refractivity contribution in [3.05, 3.63) is 0 Å². The minimum atomic E-state index is -0.479. The van der Waals surface area contributed by atoms with Gasteiger partial charge in [0.05, 0.1) is 5.54 Å². The van der Waals surface area contributed by atoms with Crippen LogP contribution in [0, 0.1) is 5.92 Å². The molecule has 2 aliphatic rings. The lowest BCUT2D eigenvalue weighted by Gasteiger charge is -2.47. The number of hydrogen-bond donors (Lipinski definition) is 1. The Morgan fingerprint density at radius 3 is 2.19 bits per heavy atom. The molecule has 1 amide bonds. The minimum Gasteiger partial charge on any atom is -0.368 e. The second kappa shape index (κ2) is 7.10. The molecule has 0 aromatic rings.